The summed E-state index contributed by atoms with van der Waals surface area (Å²) in [5.74, 6) is 2.40. The molecule has 132 valence electrons. The van der Waals surface area contributed by atoms with Gasteiger partial charge in [-0.3, -0.25) is 0 Å². The van der Waals surface area contributed by atoms with Crippen molar-refractivity contribution in [3.8, 4) is 17.0 Å². The Hall–Kier alpha value is -2.79. The van der Waals surface area contributed by atoms with Crippen LogP contribution in [0.3, 0.4) is 0 Å². The van der Waals surface area contributed by atoms with E-state index >= 15 is 0 Å². The number of hydrogen-bond donors (Lipinski definition) is 2. The minimum Gasteiger partial charge on any atom is -0.493 e. The predicted molar refractivity (Wildman–Crippen MR) is 105 cm³/mol. The van der Waals surface area contributed by atoms with Crippen LogP contribution in [0.1, 0.15) is 23.9 Å². The first kappa shape index (κ1) is 16.7. The summed E-state index contributed by atoms with van der Waals surface area (Å²) in [6.45, 7) is 2.56. The van der Waals surface area contributed by atoms with E-state index in [-0.39, 0.29) is 6.04 Å². The molecule has 26 heavy (non-hydrogen) atoms. The van der Waals surface area contributed by atoms with Crippen molar-refractivity contribution in [2.45, 2.75) is 19.4 Å². The van der Waals surface area contributed by atoms with Crippen LogP contribution in [0.25, 0.3) is 11.3 Å². The first-order valence-electron chi connectivity index (χ1n) is 8.49. The highest BCUT2D eigenvalue weighted by molar-refractivity contribution is 6.33. The normalized spacial score (nSPS) is 15.8. The van der Waals surface area contributed by atoms with Crippen LogP contribution in [0.15, 0.2) is 48.5 Å². The van der Waals surface area contributed by atoms with E-state index in [0.29, 0.717) is 23.1 Å². The first-order chi connectivity index (χ1) is 12.6. The molecule has 3 N–H and O–H groups in total. The lowest BCUT2D eigenvalue weighted by molar-refractivity contribution is 0.274. The second-order valence-corrected chi connectivity index (χ2v) is 6.70. The van der Waals surface area contributed by atoms with E-state index in [9.17, 15) is 0 Å². The van der Waals surface area contributed by atoms with E-state index in [1.807, 2.05) is 43.3 Å². The van der Waals surface area contributed by atoms with Gasteiger partial charge in [-0.2, -0.15) is 0 Å². The molecular weight excluding hydrogens is 348 g/mol. The highest BCUT2D eigenvalue weighted by Gasteiger charge is 2.21. The van der Waals surface area contributed by atoms with Crippen LogP contribution in [0, 0.1) is 6.92 Å². The minimum atomic E-state index is 0.150. The van der Waals surface area contributed by atoms with Crippen molar-refractivity contribution in [3.63, 3.8) is 0 Å². The summed E-state index contributed by atoms with van der Waals surface area (Å²) in [7, 11) is 0. The van der Waals surface area contributed by atoms with Gasteiger partial charge in [-0.1, -0.05) is 35.9 Å². The second kappa shape index (κ2) is 6.84. The second-order valence-electron chi connectivity index (χ2n) is 6.29. The third kappa shape index (κ3) is 3.30. The van der Waals surface area contributed by atoms with E-state index in [4.69, 9.17) is 22.1 Å². The van der Waals surface area contributed by atoms with Gasteiger partial charge in [0, 0.05) is 23.6 Å². The zero-order valence-corrected chi connectivity index (χ0v) is 15.1. The van der Waals surface area contributed by atoms with Gasteiger partial charge in [0.1, 0.15) is 17.4 Å². The van der Waals surface area contributed by atoms with Gasteiger partial charge < -0.3 is 15.8 Å². The van der Waals surface area contributed by atoms with Crippen molar-refractivity contribution in [1.29, 1.82) is 0 Å². The maximum absolute atomic E-state index is 6.03. The summed E-state index contributed by atoms with van der Waals surface area (Å²) in [6.07, 6.45) is 0.878. The third-order valence-electron chi connectivity index (χ3n) is 4.41. The smallest absolute Gasteiger partial charge is 0.130 e. The summed E-state index contributed by atoms with van der Waals surface area (Å²) in [5.41, 5.74) is 9.33. The Balaban J connectivity index is 1.66. The standard InChI is InChI=1S/C20H19ClN4O/c1-12-23-18(13-6-7-15(21)16(22)10-13)11-20(24-12)25-17-8-9-26-19-5-3-2-4-14(17)19/h2-7,10-11,17H,8-9,22H2,1H3,(H,23,24,25). The Bertz CT molecular complexity index is 960. The molecule has 1 aliphatic heterocycles. The van der Waals surface area contributed by atoms with Crippen LogP contribution in [0.2, 0.25) is 5.02 Å². The molecule has 0 saturated carbocycles. The third-order valence-corrected chi connectivity index (χ3v) is 4.75. The summed E-state index contributed by atoms with van der Waals surface area (Å²) in [6, 6.07) is 15.7. The molecule has 2 aromatic carbocycles. The van der Waals surface area contributed by atoms with Crippen LogP contribution in [0.5, 0.6) is 5.75 Å². The molecule has 0 fully saturated rings. The van der Waals surface area contributed by atoms with Crippen molar-refractivity contribution >= 4 is 23.1 Å². The maximum atomic E-state index is 6.03. The van der Waals surface area contributed by atoms with Gasteiger partial charge >= 0.3 is 0 Å². The van der Waals surface area contributed by atoms with E-state index in [1.165, 1.54) is 0 Å². The number of nitrogens with one attached hydrogen (secondary N) is 1. The summed E-state index contributed by atoms with van der Waals surface area (Å²) >= 11 is 6.03. The van der Waals surface area contributed by atoms with E-state index in [2.05, 4.69) is 21.4 Å². The number of benzene rings is 2. The number of ether oxygens (including phenoxy) is 1. The van der Waals surface area contributed by atoms with Crippen LogP contribution in [0.4, 0.5) is 11.5 Å². The molecule has 3 aromatic rings. The maximum Gasteiger partial charge on any atom is 0.130 e. The number of nitrogens with zero attached hydrogens (tertiary/aromatic N) is 2. The Morgan fingerprint density at radius 2 is 2.00 bits per heavy atom. The number of fused-ring (bicyclic) bond motifs is 1. The highest BCUT2D eigenvalue weighted by atomic mass is 35.5. The number of anilines is 2. The topological polar surface area (TPSA) is 73.1 Å². The molecule has 6 heteroatoms. The zero-order valence-electron chi connectivity index (χ0n) is 14.4. The van der Waals surface area contributed by atoms with Crippen LogP contribution < -0.4 is 15.8 Å². The Labute approximate surface area is 157 Å². The van der Waals surface area contributed by atoms with Gasteiger partial charge in [-0.15, -0.1) is 0 Å². The molecule has 0 amide bonds. The summed E-state index contributed by atoms with van der Waals surface area (Å²) in [5, 5.41) is 4.06. The largest absolute Gasteiger partial charge is 0.493 e. The molecule has 0 aliphatic carbocycles. The number of halogens is 1. The van der Waals surface area contributed by atoms with Gasteiger partial charge in [0.25, 0.3) is 0 Å². The number of para-hydroxylation sites is 1. The average Bonchev–Trinajstić information content (AvgIpc) is 2.64. The Morgan fingerprint density at radius 3 is 2.85 bits per heavy atom. The van der Waals surface area contributed by atoms with Gasteiger partial charge in [0.05, 0.1) is 29.1 Å². The van der Waals surface area contributed by atoms with E-state index in [0.717, 1.165) is 34.8 Å². The molecule has 1 unspecified atom stereocenters. The molecule has 4 rings (SSSR count). The highest BCUT2D eigenvalue weighted by Crippen LogP contribution is 2.34. The molecule has 0 radical (unpaired) electrons. The Kier molecular flexibility index (Phi) is 4.39. The SMILES string of the molecule is Cc1nc(NC2CCOc3ccccc32)cc(-c2ccc(Cl)c(N)c2)n1. The molecule has 0 bridgehead atoms. The molecule has 1 aliphatic rings. The molecular formula is C20H19ClN4O. The number of aryl methyl sites for hydroxylation is 1. The molecule has 2 heterocycles. The fourth-order valence-electron chi connectivity index (χ4n) is 3.16. The quantitative estimate of drug-likeness (QED) is 0.661. The average molecular weight is 367 g/mol. The van der Waals surface area contributed by atoms with Crippen LogP contribution in [-0.4, -0.2) is 16.6 Å². The van der Waals surface area contributed by atoms with Gasteiger partial charge in [-0.05, 0) is 25.1 Å². The lowest BCUT2D eigenvalue weighted by Crippen LogP contribution is -2.21. The van der Waals surface area contributed by atoms with Gasteiger partial charge in [-0.25, -0.2) is 9.97 Å². The van der Waals surface area contributed by atoms with Crippen molar-refractivity contribution < 1.29 is 4.74 Å². The van der Waals surface area contributed by atoms with E-state index in [1.54, 1.807) is 6.07 Å². The lowest BCUT2D eigenvalue weighted by atomic mass is 10.0. The molecule has 1 atom stereocenters. The van der Waals surface area contributed by atoms with Crippen molar-refractivity contribution in [3.05, 3.63) is 64.9 Å². The monoisotopic (exact) mass is 366 g/mol. The Morgan fingerprint density at radius 1 is 1.15 bits per heavy atom. The summed E-state index contributed by atoms with van der Waals surface area (Å²) < 4.78 is 5.73. The molecule has 5 nitrogen and oxygen atoms in total. The van der Waals surface area contributed by atoms with Gasteiger partial charge in [0.15, 0.2) is 0 Å². The number of hydrogen-bond acceptors (Lipinski definition) is 5. The molecule has 0 spiro atoms. The number of nitrogens with two attached hydrogens (primary N) is 1. The van der Waals surface area contributed by atoms with Crippen LogP contribution >= 0.6 is 11.6 Å². The number of aromatic nitrogens is 2. The van der Waals surface area contributed by atoms with Crippen molar-refractivity contribution in [2.75, 3.05) is 17.7 Å². The number of rotatable bonds is 3. The fourth-order valence-corrected chi connectivity index (χ4v) is 3.28. The van der Waals surface area contributed by atoms with Crippen molar-refractivity contribution in [1.82, 2.24) is 9.97 Å². The molecule has 1 aromatic heterocycles. The number of nitrogen functional groups attached to an aromatic ring is 1. The fraction of sp³-hybridized carbons (Fsp3) is 0.200. The predicted octanol–water partition coefficient (Wildman–Crippen LogP) is 4.62. The zero-order chi connectivity index (χ0) is 18.1. The summed E-state index contributed by atoms with van der Waals surface area (Å²) in [4.78, 5) is 9.08. The van der Waals surface area contributed by atoms with Crippen molar-refractivity contribution in [2.24, 2.45) is 0 Å². The van der Waals surface area contributed by atoms with Crippen LogP contribution in [-0.2, 0) is 0 Å². The molecule has 0 saturated heterocycles. The first-order valence-corrected chi connectivity index (χ1v) is 8.87. The lowest BCUT2D eigenvalue weighted by Gasteiger charge is -2.27. The van der Waals surface area contributed by atoms with Gasteiger partial charge in [0.2, 0.25) is 0 Å². The minimum absolute atomic E-state index is 0.150. The van der Waals surface area contributed by atoms with E-state index < -0.39 is 0 Å².